The van der Waals surface area contributed by atoms with Gasteiger partial charge in [-0.1, -0.05) is 60.1 Å². The molecule has 1 aliphatic heterocycles. The highest BCUT2D eigenvalue weighted by Gasteiger charge is 2.25. The molecule has 1 saturated heterocycles. The number of amides is 1. The van der Waals surface area contributed by atoms with Crippen LogP contribution in [0.15, 0.2) is 60.7 Å². The molecule has 170 valence electrons. The van der Waals surface area contributed by atoms with Crippen molar-refractivity contribution in [1.29, 1.82) is 0 Å². The van der Waals surface area contributed by atoms with Gasteiger partial charge in [0.25, 0.3) is 5.91 Å². The van der Waals surface area contributed by atoms with Crippen LogP contribution in [0, 0.1) is 6.92 Å². The number of quaternary nitrogens is 1. The first-order chi connectivity index (χ1) is 16.1. The van der Waals surface area contributed by atoms with Crippen LogP contribution in [0.4, 0.5) is 0 Å². The number of piperidine rings is 1. The van der Waals surface area contributed by atoms with E-state index in [1.807, 2.05) is 41.9 Å². The molecule has 0 saturated carbocycles. The van der Waals surface area contributed by atoms with E-state index in [0.717, 1.165) is 63.8 Å². The zero-order valence-electron chi connectivity index (χ0n) is 18.7. The fourth-order valence-electron chi connectivity index (χ4n) is 4.61. The van der Waals surface area contributed by atoms with Gasteiger partial charge >= 0.3 is 0 Å². The highest BCUT2D eigenvalue weighted by molar-refractivity contribution is 7.20. The maximum absolute atomic E-state index is 13.0. The first kappa shape index (κ1) is 22.1. The van der Waals surface area contributed by atoms with Crippen molar-refractivity contribution < 1.29 is 9.69 Å². The summed E-state index contributed by atoms with van der Waals surface area (Å²) in [6.07, 6.45) is 2.02. The van der Waals surface area contributed by atoms with E-state index in [4.69, 9.17) is 11.6 Å². The smallest absolute Gasteiger partial charge is 0.261 e. The summed E-state index contributed by atoms with van der Waals surface area (Å²) in [5.74, 6) is 0.0244. The van der Waals surface area contributed by atoms with E-state index in [1.165, 1.54) is 16.9 Å². The number of benzene rings is 2. The van der Waals surface area contributed by atoms with E-state index in [-0.39, 0.29) is 11.9 Å². The first-order valence-electron chi connectivity index (χ1n) is 11.5. The first-order valence-corrected chi connectivity index (χ1v) is 12.6. The number of hydrogen-bond donors (Lipinski definition) is 2. The Bertz CT molecular complexity index is 1260. The highest BCUT2D eigenvalue weighted by atomic mass is 35.5. The molecule has 2 aromatic heterocycles. The second-order valence-corrected chi connectivity index (χ2v) is 10.3. The Morgan fingerprint density at radius 3 is 2.64 bits per heavy atom. The monoisotopic (exact) mass is 479 g/mol. The van der Waals surface area contributed by atoms with Gasteiger partial charge in [0.15, 0.2) is 0 Å². The Hall–Kier alpha value is -2.67. The molecule has 0 bridgehead atoms. The zero-order valence-corrected chi connectivity index (χ0v) is 20.3. The molecule has 33 heavy (non-hydrogen) atoms. The lowest BCUT2D eigenvalue weighted by Crippen LogP contribution is -3.12. The SMILES string of the molecule is Cc1nn(Cc2ccccc2Cl)c2sc(C(=O)NC3CC[NH+](Cc4ccccc4)CC3)cc12. The van der Waals surface area contributed by atoms with Crippen LogP contribution in [0.5, 0.6) is 0 Å². The van der Waals surface area contributed by atoms with Crippen molar-refractivity contribution in [1.82, 2.24) is 15.1 Å². The van der Waals surface area contributed by atoms with Crippen molar-refractivity contribution in [3.63, 3.8) is 0 Å². The van der Waals surface area contributed by atoms with Crippen LogP contribution in [0.25, 0.3) is 10.2 Å². The van der Waals surface area contributed by atoms with Crippen molar-refractivity contribution in [3.05, 3.63) is 87.4 Å². The van der Waals surface area contributed by atoms with Gasteiger partial charge in [0.05, 0.1) is 30.2 Å². The normalized spacial score (nSPS) is 18.5. The number of likely N-dealkylation sites (tertiary alicyclic amines) is 1. The number of nitrogens with one attached hydrogen (secondary N) is 2. The summed E-state index contributed by atoms with van der Waals surface area (Å²) in [5, 5.41) is 9.73. The molecule has 0 spiro atoms. The predicted molar refractivity (Wildman–Crippen MR) is 134 cm³/mol. The molecule has 0 aliphatic carbocycles. The second-order valence-electron chi connectivity index (χ2n) is 8.82. The minimum Gasteiger partial charge on any atom is -0.348 e. The standard InChI is InChI=1S/C26H27ClN4OS/c1-18-22-15-24(33-26(22)31(29-18)17-20-9-5-6-10-23(20)27)25(32)28-21-11-13-30(14-12-21)16-19-7-3-2-4-8-19/h2-10,15,21H,11-14,16-17H2,1H3,(H,28,32)/p+1. The largest absolute Gasteiger partial charge is 0.348 e. The number of aromatic nitrogens is 2. The van der Waals surface area contributed by atoms with E-state index in [9.17, 15) is 4.79 Å². The molecule has 5 nitrogen and oxygen atoms in total. The molecule has 4 aromatic rings. The molecule has 1 aliphatic rings. The van der Waals surface area contributed by atoms with Crippen molar-refractivity contribution >= 4 is 39.1 Å². The van der Waals surface area contributed by atoms with Crippen LogP contribution in [-0.4, -0.2) is 34.8 Å². The Labute approximate surface area is 203 Å². The maximum Gasteiger partial charge on any atom is 0.261 e. The van der Waals surface area contributed by atoms with Crippen LogP contribution in [0.1, 0.15) is 39.3 Å². The number of rotatable bonds is 6. The molecule has 1 amide bonds. The van der Waals surface area contributed by atoms with E-state index >= 15 is 0 Å². The van der Waals surface area contributed by atoms with Gasteiger partial charge in [-0.05, 0) is 24.6 Å². The predicted octanol–water partition coefficient (Wildman–Crippen LogP) is 4.09. The fourth-order valence-corrected chi connectivity index (χ4v) is 5.87. The molecule has 7 heteroatoms. The molecular formula is C26H28ClN4OS+. The van der Waals surface area contributed by atoms with Crippen molar-refractivity contribution in [2.45, 2.75) is 38.9 Å². The van der Waals surface area contributed by atoms with Gasteiger partial charge < -0.3 is 10.2 Å². The minimum atomic E-state index is 0.0244. The summed E-state index contributed by atoms with van der Waals surface area (Å²) in [6, 6.07) is 20.7. The lowest BCUT2D eigenvalue weighted by atomic mass is 10.0. The summed E-state index contributed by atoms with van der Waals surface area (Å²) in [7, 11) is 0. The van der Waals surface area contributed by atoms with Crippen LogP contribution >= 0.6 is 22.9 Å². The Morgan fingerprint density at radius 2 is 1.88 bits per heavy atom. The van der Waals surface area contributed by atoms with Gasteiger partial charge in [0.2, 0.25) is 0 Å². The van der Waals surface area contributed by atoms with Crippen molar-refractivity contribution in [3.8, 4) is 0 Å². The Morgan fingerprint density at radius 1 is 1.15 bits per heavy atom. The molecule has 2 aromatic carbocycles. The van der Waals surface area contributed by atoms with E-state index < -0.39 is 0 Å². The maximum atomic E-state index is 13.0. The Balaban J connectivity index is 1.23. The summed E-state index contributed by atoms with van der Waals surface area (Å²) in [6.45, 7) is 5.80. The number of carbonyl (C=O) groups is 1. The third-order valence-corrected chi connectivity index (χ3v) is 7.95. The number of thiophene rings is 1. The summed E-state index contributed by atoms with van der Waals surface area (Å²) >= 11 is 7.86. The summed E-state index contributed by atoms with van der Waals surface area (Å²) in [5.41, 5.74) is 3.33. The van der Waals surface area contributed by atoms with Gasteiger partial charge in [0.1, 0.15) is 11.4 Å². The van der Waals surface area contributed by atoms with E-state index in [0.29, 0.717) is 6.54 Å². The quantitative estimate of drug-likeness (QED) is 0.437. The van der Waals surface area contributed by atoms with Gasteiger partial charge in [-0.25, -0.2) is 0 Å². The number of aryl methyl sites for hydroxylation is 1. The molecule has 5 rings (SSSR count). The summed E-state index contributed by atoms with van der Waals surface area (Å²) in [4.78, 5) is 16.4. The van der Waals surface area contributed by atoms with Gasteiger partial charge in [-0.3, -0.25) is 9.48 Å². The number of fused-ring (bicyclic) bond motifs is 1. The molecule has 0 radical (unpaired) electrons. The van der Waals surface area contributed by atoms with Gasteiger partial charge in [-0.2, -0.15) is 5.10 Å². The molecular weight excluding hydrogens is 452 g/mol. The minimum absolute atomic E-state index is 0.0244. The molecule has 1 fully saturated rings. The second kappa shape index (κ2) is 9.67. The van der Waals surface area contributed by atoms with E-state index in [1.54, 1.807) is 4.90 Å². The third-order valence-electron chi connectivity index (χ3n) is 6.43. The Kier molecular flexibility index (Phi) is 6.49. The lowest BCUT2D eigenvalue weighted by molar-refractivity contribution is -0.918. The number of nitrogens with zero attached hydrogens (tertiary/aromatic N) is 2. The zero-order chi connectivity index (χ0) is 22.8. The van der Waals surface area contributed by atoms with Crippen molar-refractivity contribution in [2.75, 3.05) is 13.1 Å². The van der Waals surface area contributed by atoms with Crippen LogP contribution in [0.3, 0.4) is 0 Å². The van der Waals surface area contributed by atoms with E-state index in [2.05, 4.69) is 40.7 Å². The number of carbonyl (C=O) groups excluding carboxylic acids is 1. The highest BCUT2D eigenvalue weighted by Crippen LogP contribution is 2.29. The molecule has 2 N–H and O–H groups in total. The third kappa shape index (κ3) is 4.98. The fraction of sp³-hybridized carbons (Fsp3) is 0.308. The van der Waals surface area contributed by atoms with Crippen molar-refractivity contribution in [2.24, 2.45) is 0 Å². The van der Waals surface area contributed by atoms with Crippen LogP contribution < -0.4 is 10.2 Å². The van der Waals surface area contributed by atoms with Gasteiger partial charge in [-0.15, -0.1) is 11.3 Å². The average Bonchev–Trinajstić information content (AvgIpc) is 3.39. The van der Waals surface area contributed by atoms with Crippen LogP contribution in [0.2, 0.25) is 5.02 Å². The topological polar surface area (TPSA) is 51.4 Å². The van der Waals surface area contributed by atoms with Crippen LogP contribution in [-0.2, 0) is 13.1 Å². The lowest BCUT2D eigenvalue weighted by Gasteiger charge is -2.29. The molecule has 0 unspecified atom stereocenters. The summed E-state index contributed by atoms with van der Waals surface area (Å²) < 4.78 is 1.96. The van der Waals surface area contributed by atoms with Gasteiger partial charge in [0, 0.05) is 34.9 Å². The average molecular weight is 480 g/mol. The number of halogens is 1. The molecule has 3 heterocycles. The number of hydrogen-bond acceptors (Lipinski definition) is 3. The molecule has 0 atom stereocenters.